The maximum absolute atomic E-state index is 5.79. The molecule has 2 heterocycles. The number of hydrogen-bond donors (Lipinski definition) is 1. The van der Waals surface area contributed by atoms with E-state index in [0.29, 0.717) is 16.5 Å². The zero-order chi connectivity index (χ0) is 10.1. The molecule has 4 nitrogen and oxygen atoms in total. The SMILES string of the molecule is Cc1nccn1-c1ncc(Cl)cc1N. The Balaban J connectivity index is 2.58. The van der Waals surface area contributed by atoms with E-state index in [4.69, 9.17) is 17.3 Å². The second-order valence-corrected chi connectivity index (χ2v) is 3.35. The van der Waals surface area contributed by atoms with Crippen LogP contribution >= 0.6 is 11.6 Å². The molecule has 2 rings (SSSR count). The van der Waals surface area contributed by atoms with Crippen LogP contribution in [0.2, 0.25) is 5.02 Å². The van der Waals surface area contributed by atoms with Crippen LogP contribution in [-0.2, 0) is 0 Å². The fourth-order valence-corrected chi connectivity index (χ4v) is 1.42. The lowest BCUT2D eigenvalue weighted by Crippen LogP contribution is -2.03. The van der Waals surface area contributed by atoms with Crippen LogP contribution in [0.3, 0.4) is 0 Å². The van der Waals surface area contributed by atoms with Crippen molar-refractivity contribution in [2.24, 2.45) is 0 Å². The predicted molar refractivity (Wildman–Crippen MR) is 55.5 cm³/mol. The van der Waals surface area contributed by atoms with Crippen LogP contribution in [0, 0.1) is 6.92 Å². The molecule has 0 saturated heterocycles. The van der Waals surface area contributed by atoms with E-state index in [-0.39, 0.29) is 0 Å². The smallest absolute Gasteiger partial charge is 0.161 e. The summed E-state index contributed by atoms with van der Waals surface area (Å²) in [6.07, 6.45) is 5.07. The maximum atomic E-state index is 5.79. The number of aryl methyl sites for hydroxylation is 1. The number of rotatable bonds is 1. The number of imidazole rings is 1. The van der Waals surface area contributed by atoms with Crippen LogP contribution in [0.4, 0.5) is 5.69 Å². The lowest BCUT2D eigenvalue weighted by molar-refractivity contribution is 0.936. The molecule has 2 aromatic rings. The summed E-state index contributed by atoms with van der Waals surface area (Å²) >= 11 is 5.75. The Hall–Kier alpha value is -1.55. The van der Waals surface area contributed by atoms with Crippen LogP contribution in [-0.4, -0.2) is 14.5 Å². The summed E-state index contributed by atoms with van der Waals surface area (Å²) in [7, 11) is 0. The summed E-state index contributed by atoms with van der Waals surface area (Å²) in [6.45, 7) is 1.88. The van der Waals surface area contributed by atoms with Crippen molar-refractivity contribution in [2.45, 2.75) is 6.92 Å². The summed E-state index contributed by atoms with van der Waals surface area (Å²) in [4.78, 5) is 8.24. The Morgan fingerprint density at radius 3 is 2.79 bits per heavy atom. The highest BCUT2D eigenvalue weighted by Crippen LogP contribution is 2.19. The van der Waals surface area contributed by atoms with E-state index in [1.54, 1.807) is 18.5 Å². The number of nitrogens with two attached hydrogens (primary N) is 1. The molecule has 0 bridgehead atoms. The van der Waals surface area contributed by atoms with Gasteiger partial charge in [-0.3, -0.25) is 4.57 Å². The van der Waals surface area contributed by atoms with Gasteiger partial charge in [0, 0.05) is 18.6 Å². The van der Waals surface area contributed by atoms with Crippen LogP contribution in [0.1, 0.15) is 5.82 Å². The van der Waals surface area contributed by atoms with Gasteiger partial charge in [0.1, 0.15) is 5.82 Å². The average molecular weight is 209 g/mol. The second-order valence-electron chi connectivity index (χ2n) is 2.91. The van der Waals surface area contributed by atoms with Gasteiger partial charge >= 0.3 is 0 Å². The summed E-state index contributed by atoms with van der Waals surface area (Å²) in [5.41, 5.74) is 6.33. The van der Waals surface area contributed by atoms with E-state index in [1.165, 1.54) is 0 Å². The van der Waals surface area contributed by atoms with Gasteiger partial charge in [0.2, 0.25) is 0 Å². The first-order valence-electron chi connectivity index (χ1n) is 4.10. The highest BCUT2D eigenvalue weighted by atomic mass is 35.5. The predicted octanol–water partition coefficient (Wildman–Crippen LogP) is 1.81. The van der Waals surface area contributed by atoms with Crippen LogP contribution in [0.5, 0.6) is 0 Å². The monoisotopic (exact) mass is 208 g/mol. The molecule has 5 heteroatoms. The first-order valence-corrected chi connectivity index (χ1v) is 4.47. The van der Waals surface area contributed by atoms with Crippen molar-refractivity contribution >= 4 is 17.3 Å². The number of aromatic nitrogens is 3. The van der Waals surface area contributed by atoms with Gasteiger partial charge < -0.3 is 5.73 Å². The first kappa shape index (κ1) is 9.02. The molecule has 0 aliphatic carbocycles. The van der Waals surface area contributed by atoms with Gasteiger partial charge in [-0.25, -0.2) is 9.97 Å². The number of nitrogen functional groups attached to an aromatic ring is 1. The standard InChI is InChI=1S/C9H9ClN4/c1-6-12-2-3-14(6)9-8(11)4-7(10)5-13-9/h2-5H,11H2,1H3. The number of pyridine rings is 1. The molecule has 0 radical (unpaired) electrons. The Morgan fingerprint density at radius 2 is 2.21 bits per heavy atom. The van der Waals surface area contributed by atoms with Gasteiger partial charge in [0.25, 0.3) is 0 Å². The minimum Gasteiger partial charge on any atom is -0.396 e. The topological polar surface area (TPSA) is 56.7 Å². The van der Waals surface area contributed by atoms with E-state index in [2.05, 4.69) is 9.97 Å². The molecule has 0 aliphatic heterocycles. The molecular weight excluding hydrogens is 200 g/mol. The number of hydrogen-bond acceptors (Lipinski definition) is 3. The number of anilines is 1. The quantitative estimate of drug-likeness (QED) is 0.778. The third kappa shape index (κ3) is 1.44. The third-order valence-corrected chi connectivity index (χ3v) is 2.12. The van der Waals surface area contributed by atoms with Gasteiger partial charge in [-0.1, -0.05) is 11.6 Å². The summed E-state index contributed by atoms with van der Waals surface area (Å²) in [6, 6.07) is 1.67. The van der Waals surface area contributed by atoms with Crippen LogP contribution in [0.15, 0.2) is 24.7 Å². The largest absolute Gasteiger partial charge is 0.396 e. The summed E-state index contributed by atoms with van der Waals surface area (Å²) in [5.74, 6) is 1.50. The van der Waals surface area contributed by atoms with Crippen molar-refractivity contribution < 1.29 is 0 Å². The van der Waals surface area contributed by atoms with Gasteiger partial charge in [-0.2, -0.15) is 0 Å². The molecule has 0 amide bonds. The van der Waals surface area contributed by atoms with Crippen LogP contribution < -0.4 is 5.73 Å². The molecule has 0 unspecified atom stereocenters. The van der Waals surface area contributed by atoms with Crippen LogP contribution in [0.25, 0.3) is 5.82 Å². The third-order valence-electron chi connectivity index (χ3n) is 1.92. The zero-order valence-electron chi connectivity index (χ0n) is 7.61. The summed E-state index contributed by atoms with van der Waals surface area (Å²) in [5, 5.41) is 0.531. The summed E-state index contributed by atoms with van der Waals surface area (Å²) < 4.78 is 1.81. The minimum atomic E-state index is 0.531. The molecule has 2 aromatic heterocycles. The molecule has 0 saturated carbocycles. The van der Waals surface area contributed by atoms with Gasteiger partial charge in [-0.05, 0) is 13.0 Å². The fourth-order valence-electron chi connectivity index (χ4n) is 1.25. The lowest BCUT2D eigenvalue weighted by Gasteiger charge is -2.06. The zero-order valence-corrected chi connectivity index (χ0v) is 8.36. The number of nitrogens with zero attached hydrogens (tertiary/aromatic N) is 3. The Bertz CT molecular complexity index is 464. The Labute approximate surface area is 86.4 Å². The fraction of sp³-hybridized carbons (Fsp3) is 0.111. The molecule has 0 fully saturated rings. The van der Waals surface area contributed by atoms with Crippen molar-refractivity contribution in [3.63, 3.8) is 0 Å². The van der Waals surface area contributed by atoms with E-state index in [1.807, 2.05) is 17.7 Å². The molecule has 2 N–H and O–H groups in total. The molecular formula is C9H9ClN4. The van der Waals surface area contributed by atoms with Gasteiger partial charge in [-0.15, -0.1) is 0 Å². The Kier molecular flexibility index (Phi) is 2.13. The maximum Gasteiger partial charge on any atom is 0.161 e. The van der Waals surface area contributed by atoms with E-state index >= 15 is 0 Å². The molecule has 0 aliphatic rings. The minimum absolute atomic E-state index is 0.531. The van der Waals surface area contributed by atoms with Gasteiger partial charge in [0.05, 0.1) is 10.7 Å². The van der Waals surface area contributed by atoms with Crippen molar-refractivity contribution in [1.29, 1.82) is 0 Å². The normalized spacial score (nSPS) is 10.4. The molecule has 0 atom stereocenters. The average Bonchev–Trinajstić information content (AvgIpc) is 2.52. The molecule has 14 heavy (non-hydrogen) atoms. The Morgan fingerprint density at radius 1 is 1.43 bits per heavy atom. The highest BCUT2D eigenvalue weighted by molar-refractivity contribution is 6.30. The van der Waals surface area contributed by atoms with E-state index in [0.717, 1.165) is 5.82 Å². The number of halogens is 1. The van der Waals surface area contributed by atoms with Crippen molar-refractivity contribution in [3.8, 4) is 5.82 Å². The molecule has 72 valence electrons. The molecule has 0 spiro atoms. The van der Waals surface area contributed by atoms with Crippen molar-refractivity contribution in [3.05, 3.63) is 35.5 Å². The van der Waals surface area contributed by atoms with E-state index < -0.39 is 0 Å². The highest BCUT2D eigenvalue weighted by Gasteiger charge is 2.05. The lowest BCUT2D eigenvalue weighted by atomic mass is 10.4. The van der Waals surface area contributed by atoms with Gasteiger partial charge in [0.15, 0.2) is 5.82 Å². The second kappa shape index (κ2) is 3.31. The van der Waals surface area contributed by atoms with Crippen molar-refractivity contribution in [1.82, 2.24) is 14.5 Å². The molecule has 0 aromatic carbocycles. The van der Waals surface area contributed by atoms with E-state index in [9.17, 15) is 0 Å². The first-order chi connectivity index (χ1) is 6.68. The van der Waals surface area contributed by atoms with Crippen molar-refractivity contribution in [2.75, 3.05) is 5.73 Å².